The van der Waals surface area contributed by atoms with Crippen LogP contribution in [0.3, 0.4) is 0 Å². The van der Waals surface area contributed by atoms with Crippen molar-refractivity contribution in [3.05, 3.63) is 43.4 Å². The Morgan fingerprint density at radius 3 is 2.71 bits per heavy atom. The molecule has 0 bridgehead atoms. The van der Waals surface area contributed by atoms with Crippen molar-refractivity contribution in [1.29, 1.82) is 0 Å². The van der Waals surface area contributed by atoms with Gasteiger partial charge in [0, 0.05) is 10.9 Å². The Hall–Kier alpha value is -0.390. The maximum absolute atomic E-state index is 11.8. The normalized spacial score (nSPS) is 10.4. The summed E-state index contributed by atoms with van der Waals surface area (Å²) in [6, 6.07) is 3.48. The van der Waals surface area contributed by atoms with Gasteiger partial charge in [-0.2, -0.15) is 0 Å². The van der Waals surface area contributed by atoms with Gasteiger partial charge in [0.2, 0.25) is 5.78 Å². The summed E-state index contributed by atoms with van der Waals surface area (Å²) in [5.41, 5.74) is 0.637. The number of rotatable bonds is 2. The van der Waals surface area contributed by atoms with Crippen LogP contribution in [0.2, 0.25) is 0 Å². The number of furan rings is 1. The molecule has 5 heteroatoms. The predicted molar refractivity (Wildman–Crippen MR) is 61.9 cm³/mol. The van der Waals surface area contributed by atoms with Gasteiger partial charge in [0.1, 0.15) is 0 Å². The van der Waals surface area contributed by atoms with Crippen LogP contribution in [0.4, 0.5) is 0 Å². The van der Waals surface area contributed by atoms with Crippen molar-refractivity contribution in [1.82, 2.24) is 0 Å². The minimum absolute atomic E-state index is 0.108. The zero-order chi connectivity index (χ0) is 10.1. The molecule has 72 valence electrons. The molecule has 2 aromatic rings. The van der Waals surface area contributed by atoms with Crippen molar-refractivity contribution in [2.75, 3.05) is 0 Å². The fraction of sp³-hybridized carbons (Fsp3) is 0. The molecule has 2 heterocycles. The number of carbonyl (C=O) groups excluding carboxylic acids is 1. The summed E-state index contributed by atoms with van der Waals surface area (Å²) in [5, 5.41) is 1.79. The van der Waals surface area contributed by atoms with Gasteiger partial charge in [-0.1, -0.05) is 0 Å². The molecule has 0 aliphatic carbocycles. The Labute approximate surface area is 101 Å². The largest absolute Gasteiger partial charge is 0.460 e. The summed E-state index contributed by atoms with van der Waals surface area (Å²) in [6.45, 7) is 0. The summed E-state index contributed by atoms with van der Waals surface area (Å²) >= 11 is 8.03. The van der Waals surface area contributed by atoms with Gasteiger partial charge < -0.3 is 4.42 Å². The predicted octanol–water partition coefficient (Wildman–Crippen LogP) is 4.10. The van der Waals surface area contributed by atoms with Crippen molar-refractivity contribution in [3.63, 3.8) is 0 Å². The zero-order valence-electron chi connectivity index (χ0n) is 6.79. The van der Waals surface area contributed by atoms with E-state index in [9.17, 15) is 4.79 Å². The van der Waals surface area contributed by atoms with E-state index >= 15 is 0 Å². The van der Waals surface area contributed by atoms with Gasteiger partial charge in [0.05, 0.1) is 14.5 Å². The van der Waals surface area contributed by atoms with E-state index in [2.05, 4.69) is 31.9 Å². The molecule has 0 N–H and O–H groups in total. The van der Waals surface area contributed by atoms with Gasteiger partial charge in [-0.3, -0.25) is 4.79 Å². The van der Waals surface area contributed by atoms with E-state index in [1.807, 2.05) is 0 Å². The highest BCUT2D eigenvalue weighted by Crippen LogP contribution is 2.26. The molecule has 2 aromatic heterocycles. The van der Waals surface area contributed by atoms with E-state index in [0.717, 1.165) is 3.79 Å². The molecular formula is C9H4Br2O2S. The van der Waals surface area contributed by atoms with Crippen LogP contribution in [0.5, 0.6) is 0 Å². The molecule has 0 fully saturated rings. The van der Waals surface area contributed by atoms with E-state index in [0.29, 0.717) is 15.8 Å². The molecule has 0 radical (unpaired) electrons. The van der Waals surface area contributed by atoms with Crippen molar-refractivity contribution in [3.8, 4) is 0 Å². The SMILES string of the molecule is O=C(c1csc(Br)c1)c1occc1Br. The fourth-order valence-electron chi connectivity index (χ4n) is 1.02. The van der Waals surface area contributed by atoms with E-state index in [1.165, 1.54) is 17.6 Å². The number of thiophene rings is 1. The van der Waals surface area contributed by atoms with E-state index in [4.69, 9.17) is 4.42 Å². The smallest absolute Gasteiger partial charge is 0.230 e. The average Bonchev–Trinajstić information content (AvgIpc) is 2.73. The van der Waals surface area contributed by atoms with Crippen LogP contribution in [0.15, 0.2) is 36.5 Å². The lowest BCUT2D eigenvalue weighted by molar-refractivity contribution is 0.101. The van der Waals surface area contributed by atoms with Crippen molar-refractivity contribution < 1.29 is 9.21 Å². The zero-order valence-corrected chi connectivity index (χ0v) is 10.8. The number of hydrogen-bond donors (Lipinski definition) is 0. The maximum Gasteiger partial charge on any atom is 0.230 e. The molecular weight excluding hydrogens is 332 g/mol. The number of halogens is 2. The van der Waals surface area contributed by atoms with Crippen LogP contribution in [-0.2, 0) is 0 Å². The van der Waals surface area contributed by atoms with Crippen LogP contribution in [-0.4, -0.2) is 5.78 Å². The molecule has 2 nitrogen and oxygen atoms in total. The third kappa shape index (κ3) is 1.85. The molecule has 0 saturated carbocycles. The monoisotopic (exact) mass is 334 g/mol. The number of ketones is 1. The quantitative estimate of drug-likeness (QED) is 0.773. The molecule has 0 unspecified atom stereocenters. The maximum atomic E-state index is 11.8. The third-order valence-corrected chi connectivity index (χ3v) is 3.78. The fourth-order valence-corrected chi connectivity index (χ4v) is 2.53. The van der Waals surface area contributed by atoms with Gasteiger partial charge in [-0.25, -0.2) is 0 Å². The Kier molecular flexibility index (Phi) is 2.90. The van der Waals surface area contributed by atoms with Gasteiger partial charge >= 0.3 is 0 Å². The Bertz CT molecular complexity index is 473. The van der Waals surface area contributed by atoms with Crippen LogP contribution < -0.4 is 0 Å². The molecule has 14 heavy (non-hydrogen) atoms. The summed E-state index contributed by atoms with van der Waals surface area (Å²) in [4.78, 5) is 11.8. The van der Waals surface area contributed by atoms with E-state index < -0.39 is 0 Å². The Morgan fingerprint density at radius 1 is 1.43 bits per heavy atom. The topological polar surface area (TPSA) is 30.2 Å². The molecule has 0 aromatic carbocycles. The first-order valence-electron chi connectivity index (χ1n) is 3.70. The standard InChI is InChI=1S/C9H4Br2O2S/c10-6-1-2-13-9(6)8(12)5-3-7(11)14-4-5/h1-4H. The van der Waals surface area contributed by atoms with Gasteiger partial charge in [-0.05, 0) is 44.0 Å². The molecule has 0 saturated heterocycles. The van der Waals surface area contributed by atoms with Crippen LogP contribution in [0.25, 0.3) is 0 Å². The van der Waals surface area contributed by atoms with Gasteiger partial charge in [0.15, 0.2) is 5.76 Å². The second-order valence-corrected chi connectivity index (χ2v) is 5.71. The van der Waals surface area contributed by atoms with Gasteiger partial charge in [0.25, 0.3) is 0 Å². The lowest BCUT2D eigenvalue weighted by Gasteiger charge is -1.92. The van der Waals surface area contributed by atoms with Crippen LogP contribution >= 0.6 is 43.2 Å². The molecule has 0 aliphatic rings. The van der Waals surface area contributed by atoms with Crippen LogP contribution in [0.1, 0.15) is 16.1 Å². The van der Waals surface area contributed by atoms with Crippen LogP contribution in [0, 0.1) is 0 Å². The average molecular weight is 336 g/mol. The van der Waals surface area contributed by atoms with E-state index in [-0.39, 0.29) is 5.78 Å². The first kappa shape index (κ1) is 10.1. The molecule has 0 amide bonds. The highest BCUT2D eigenvalue weighted by Gasteiger charge is 2.16. The van der Waals surface area contributed by atoms with Crippen molar-refractivity contribution >= 4 is 49.0 Å². The Morgan fingerprint density at radius 2 is 2.21 bits per heavy atom. The van der Waals surface area contributed by atoms with Crippen molar-refractivity contribution in [2.45, 2.75) is 0 Å². The Balaban J connectivity index is 2.38. The summed E-state index contributed by atoms with van der Waals surface area (Å²) < 4.78 is 6.70. The third-order valence-electron chi connectivity index (χ3n) is 1.65. The first-order valence-corrected chi connectivity index (χ1v) is 6.17. The number of hydrogen-bond acceptors (Lipinski definition) is 3. The lowest BCUT2D eigenvalue weighted by atomic mass is 10.2. The molecule has 0 atom stereocenters. The minimum atomic E-state index is -0.108. The summed E-state index contributed by atoms with van der Waals surface area (Å²) in [6.07, 6.45) is 1.48. The van der Waals surface area contributed by atoms with Crippen molar-refractivity contribution in [2.24, 2.45) is 0 Å². The van der Waals surface area contributed by atoms with Gasteiger partial charge in [-0.15, -0.1) is 11.3 Å². The number of carbonyl (C=O) groups is 1. The summed E-state index contributed by atoms with van der Waals surface area (Å²) in [7, 11) is 0. The highest BCUT2D eigenvalue weighted by atomic mass is 79.9. The second kappa shape index (κ2) is 4.00. The van der Waals surface area contributed by atoms with E-state index in [1.54, 1.807) is 17.5 Å². The summed E-state index contributed by atoms with van der Waals surface area (Å²) in [5.74, 6) is 0.235. The highest BCUT2D eigenvalue weighted by molar-refractivity contribution is 9.11. The molecule has 2 rings (SSSR count). The molecule has 0 spiro atoms. The lowest BCUT2D eigenvalue weighted by Crippen LogP contribution is -1.97. The first-order chi connectivity index (χ1) is 6.68. The second-order valence-electron chi connectivity index (χ2n) is 2.57. The minimum Gasteiger partial charge on any atom is -0.460 e. The molecule has 0 aliphatic heterocycles.